The van der Waals surface area contributed by atoms with Crippen molar-refractivity contribution in [2.45, 2.75) is 18.2 Å². The van der Waals surface area contributed by atoms with Crippen molar-refractivity contribution in [3.05, 3.63) is 55.0 Å². The van der Waals surface area contributed by atoms with E-state index in [2.05, 4.69) is 57.6 Å². The van der Waals surface area contributed by atoms with Crippen LogP contribution in [-0.4, -0.2) is 0 Å². The van der Waals surface area contributed by atoms with Gasteiger partial charge in [-0.05, 0) is 58.8 Å². The van der Waals surface area contributed by atoms with E-state index in [9.17, 15) is 4.39 Å². The van der Waals surface area contributed by atoms with Crippen LogP contribution in [0.15, 0.2) is 30.3 Å². The highest BCUT2D eigenvalue weighted by atomic mass is 127. The second-order valence-corrected chi connectivity index (χ2v) is 6.96. The number of thiophene rings is 1. The van der Waals surface area contributed by atoms with E-state index in [1.165, 1.54) is 15.8 Å². The lowest BCUT2D eigenvalue weighted by molar-refractivity contribution is 0.626. The van der Waals surface area contributed by atoms with Gasteiger partial charge in [0, 0.05) is 13.3 Å². The van der Waals surface area contributed by atoms with Crippen LogP contribution in [0.5, 0.6) is 0 Å². The quantitative estimate of drug-likeness (QED) is 0.448. The monoisotopic (exact) mass is 424 g/mol. The first-order chi connectivity index (χ1) is 8.11. The second kappa shape index (κ2) is 5.80. The Morgan fingerprint density at radius 1 is 1.35 bits per heavy atom. The molecule has 1 aromatic carbocycles. The van der Waals surface area contributed by atoms with E-state index < -0.39 is 0 Å². The van der Waals surface area contributed by atoms with E-state index >= 15 is 0 Å². The minimum Gasteiger partial charge on any atom is -0.207 e. The number of alkyl halides is 1. The molecular weight excluding hydrogens is 414 g/mol. The third-order valence-corrected chi connectivity index (χ3v) is 6.03. The highest BCUT2D eigenvalue weighted by Crippen LogP contribution is 2.37. The summed E-state index contributed by atoms with van der Waals surface area (Å²) in [4.78, 5) is 2.80. The molecule has 0 N–H and O–H groups in total. The Bertz CT molecular complexity index is 524. The first kappa shape index (κ1) is 13.5. The van der Waals surface area contributed by atoms with Gasteiger partial charge in [0.25, 0.3) is 0 Å². The van der Waals surface area contributed by atoms with Crippen molar-refractivity contribution < 1.29 is 4.39 Å². The fraction of sp³-hybridized carbons (Fsp3) is 0.231. The Hall–Kier alpha value is 0.0600. The van der Waals surface area contributed by atoms with Gasteiger partial charge < -0.3 is 0 Å². The fourth-order valence-electron chi connectivity index (χ4n) is 1.58. The van der Waals surface area contributed by atoms with Crippen LogP contribution < -0.4 is 0 Å². The molecule has 1 atom stereocenters. The molecule has 2 aromatic rings. The molecule has 4 heteroatoms. The molecule has 0 aliphatic carbocycles. The Balaban J connectivity index is 2.33. The van der Waals surface area contributed by atoms with Crippen LogP contribution in [0.1, 0.15) is 27.1 Å². The lowest BCUT2D eigenvalue weighted by atomic mass is 10.1. The molecule has 17 heavy (non-hydrogen) atoms. The molecule has 0 nitrogen and oxygen atoms in total. The summed E-state index contributed by atoms with van der Waals surface area (Å²) in [5.74, 6) is -0.182. The molecule has 0 spiro atoms. The van der Waals surface area contributed by atoms with E-state index in [0.717, 1.165) is 15.6 Å². The van der Waals surface area contributed by atoms with Gasteiger partial charge in [0.05, 0.1) is 4.83 Å². The zero-order valence-electron chi connectivity index (χ0n) is 9.21. The Kier molecular flexibility index (Phi) is 4.60. The molecule has 0 fully saturated rings. The fourth-order valence-corrected chi connectivity index (χ4v) is 4.58. The second-order valence-electron chi connectivity index (χ2n) is 3.69. The maximum atomic E-state index is 13.1. The van der Waals surface area contributed by atoms with Crippen LogP contribution in [0.3, 0.4) is 0 Å². The Labute approximate surface area is 127 Å². The summed E-state index contributed by atoms with van der Waals surface area (Å²) < 4.78 is 14.0. The minimum atomic E-state index is -0.182. The van der Waals surface area contributed by atoms with Crippen LogP contribution >= 0.6 is 49.9 Å². The van der Waals surface area contributed by atoms with Gasteiger partial charge in [-0.25, -0.2) is 4.39 Å². The molecule has 0 aliphatic rings. The maximum Gasteiger partial charge on any atom is 0.124 e. The molecule has 1 unspecified atom stereocenters. The molecular formula is C13H11BrFIS. The van der Waals surface area contributed by atoms with Gasteiger partial charge in [0.1, 0.15) is 5.82 Å². The van der Waals surface area contributed by atoms with Crippen molar-refractivity contribution in [1.29, 1.82) is 0 Å². The van der Waals surface area contributed by atoms with Crippen LogP contribution in [0.25, 0.3) is 0 Å². The first-order valence-corrected chi connectivity index (χ1v) is 8.10. The number of hydrogen-bond donors (Lipinski definition) is 0. The number of rotatable bonds is 3. The third-order valence-electron chi connectivity index (χ3n) is 2.52. The molecule has 1 aromatic heterocycles. The average molecular weight is 425 g/mol. The number of hydrogen-bond acceptors (Lipinski definition) is 1. The molecule has 0 saturated heterocycles. The van der Waals surface area contributed by atoms with Crippen LogP contribution in [0, 0.1) is 9.39 Å². The summed E-state index contributed by atoms with van der Waals surface area (Å²) in [6.07, 6.45) is 1.06. The summed E-state index contributed by atoms with van der Waals surface area (Å²) in [7, 11) is 0. The molecule has 0 bridgehead atoms. The predicted molar refractivity (Wildman–Crippen MR) is 83.6 cm³/mol. The summed E-state index contributed by atoms with van der Waals surface area (Å²) in [5.41, 5.74) is 1.12. The standard InChI is InChI=1S/C13H11BrFIS/c1-2-9-4-6-12(17-9)13(14)10-5-3-8(15)7-11(10)16/h3-7,13H,2H2,1H3. The molecule has 1 heterocycles. The lowest BCUT2D eigenvalue weighted by Gasteiger charge is -2.10. The van der Waals surface area contributed by atoms with Gasteiger partial charge in [-0.15, -0.1) is 11.3 Å². The third kappa shape index (κ3) is 3.09. The molecule has 0 aliphatic heterocycles. The Morgan fingerprint density at radius 2 is 2.12 bits per heavy atom. The van der Waals surface area contributed by atoms with Crippen LogP contribution in [0.2, 0.25) is 0 Å². The van der Waals surface area contributed by atoms with E-state index in [1.807, 2.05) is 6.07 Å². The topological polar surface area (TPSA) is 0 Å². The van der Waals surface area contributed by atoms with Gasteiger partial charge in [-0.1, -0.05) is 28.9 Å². The van der Waals surface area contributed by atoms with Crippen LogP contribution in [-0.2, 0) is 6.42 Å². The largest absolute Gasteiger partial charge is 0.207 e. The van der Waals surface area contributed by atoms with Gasteiger partial charge in [0.2, 0.25) is 0 Å². The molecule has 0 radical (unpaired) electrons. The van der Waals surface area contributed by atoms with E-state index in [1.54, 1.807) is 17.4 Å². The number of benzene rings is 1. The normalized spacial score (nSPS) is 12.7. The van der Waals surface area contributed by atoms with E-state index in [4.69, 9.17) is 0 Å². The predicted octanol–water partition coefficient (Wildman–Crippen LogP) is 5.54. The highest BCUT2D eigenvalue weighted by Gasteiger charge is 2.15. The first-order valence-electron chi connectivity index (χ1n) is 5.29. The summed E-state index contributed by atoms with van der Waals surface area (Å²) in [6.45, 7) is 2.15. The molecule has 0 saturated carbocycles. The SMILES string of the molecule is CCc1ccc(C(Br)c2ccc(F)cc2I)s1. The average Bonchev–Trinajstić information content (AvgIpc) is 2.76. The van der Waals surface area contributed by atoms with Gasteiger partial charge in [0.15, 0.2) is 0 Å². The zero-order chi connectivity index (χ0) is 12.4. The van der Waals surface area contributed by atoms with Crippen molar-refractivity contribution in [2.24, 2.45) is 0 Å². The van der Waals surface area contributed by atoms with Gasteiger partial charge in [-0.3, -0.25) is 0 Å². The maximum absolute atomic E-state index is 13.1. The van der Waals surface area contributed by atoms with Crippen molar-refractivity contribution in [3.8, 4) is 0 Å². The molecule has 2 rings (SSSR count). The number of aryl methyl sites for hydroxylation is 1. The summed E-state index contributed by atoms with van der Waals surface area (Å²) >= 11 is 7.68. The van der Waals surface area contributed by atoms with E-state index in [0.29, 0.717) is 0 Å². The highest BCUT2D eigenvalue weighted by molar-refractivity contribution is 14.1. The summed E-state index contributed by atoms with van der Waals surface area (Å²) in [5, 5.41) is 0. The van der Waals surface area contributed by atoms with Crippen LogP contribution in [0.4, 0.5) is 4.39 Å². The van der Waals surface area contributed by atoms with Crippen molar-refractivity contribution in [1.82, 2.24) is 0 Å². The van der Waals surface area contributed by atoms with Gasteiger partial charge in [-0.2, -0.15) is 0 Å². The van der Waals surface area contributed by atoms with Gasteiger partial charge >= 0.3 is 0 Å². The van der Waals surface area contributed by atoms with E-state index in [-0.39, 0.29) is 10.6 Å². The zero-order valence-corrected chi connectivity index (χ0v) is 13.8. The number of halogens is 3. The minimum absolute atomic E-state index is 0.153. The Morgan fingerprint density at radius 3 is 2.71 bits per heavy atom. The smallest absolute Gasteiger partial charge is 0.124 e. The lowest BCUT2D eigenvalue weighted by Crippen LogP contribution is -1.94. The van der Waals surface area contributed by atoms with Crippen molar-refractivity contribution in [2.75, 3.05) is 0 Å². The summed E-state index contributed by atoms with van der Waals surface area (Å²) in [6, 6.07) is 9.23. The molecule has 0 amide bonds. The molecule has 90 valence electrons. The van der Waals surface area contributed by atoms with Crippen molar-refractivity contribution in [3.63, 3.8) is 0 Å². The van der Waals surface area contributed by atoms with Crippen molar-refractivity contribution >= 4 is 49.9 Å².